The van der Waals surface area contributed by atoms with Crippen molar-refractivity contribution in [1.82, 2.24) is 0 Å². The predicted molar refractivity (Wildman–Crippen MR) is 101 cm³/mol. The maximum Gasteiger partial charge on any atom is -0.00773 e. The van der Waals surface area contributed by atoms with Crippen LogP contribution >= 0.6 is 0 Å². The van der Waals surface area contributed by atoms with Gasteiger partial charge in [-0.2, -0.15) is 0 Å². The van der Waals surface area contributed by atoms with Crippen molar-refractivity contribution in [2.24, 2.45) is 29.2 Å². The minimum atomic E-state index is 0.839. The highest BCUT2D eigenvalue weighted by Crippen LogP contribution is 2.27. The second kappa shape index (κ2) is 15.8. The Morgan fingerprint density at radius 3 is 1.55 bits per heavy atom. The van der Waals surface area contributed by atoms with Gasteiger partial charge in [-0.15, -0.1) is 0 Å². The Hall–Kier alpha value is -0.0800. The molecule has 2 atom stereocenters. The van der Waals surface area contributed by atoms with Gasteiger partial charge in [-0.25, -0.2) is 0 Å². The molecule has 0 heterocycles. The van der Waals surface area contributed by atoms with E-state index in [4.69, 9.17) is 11.5 Å². The second-order valence-electron chi connectivity index (χ2n) is 7.67. The molecule has 0 bridgehead atoms. The van der Waals surface area contributed by atoms with Gasteiger partial charge in [0.15, 0.2) is 0 Å². The Bertz CT molecular complexity index is 216. The van der Waals surface area contributed by atoms with Gasteiger partial charge in [0.1, 0.15) is 0 Å². The Labute approximate surface area is 140 Å². The van der Waals surface area contributed by atoms with Crippen molar-refractivity contribution in [2.75, 3.05) is 13.1 Å². The van der Waals surface area contributed by atoms with E-state index in [1.807, 2.05) is 0 Å². The molecule has 2 nitrogen and oxygen atoms in total. The van der Waals surface area contributed by atoms with Crippen molar-refractivity contribution < 1.29 is 0 Å². The molecule has 0 aromatic carbocycles. The smallest absolute Gasteiger partial charge is 0.00773 e. The van der Waals surface area contributed by atoms with Crippen LogP contribution in [-0.4, -0.2) is 13.1 Å². The molecule has 0 aromatic rings. The molecule has 0 radical (unpaired) electrons. The zero-order valence-electron chi connectivity index (χ0n) is 15.8. The minimum Gasteiger partial charge on any atom is -0.330 e. The first-order valence-electron chi connectivity index (χ1n) is 10.0. The Morgan fingerprint density at radius 1 is 0.545 bits per heavy atom. The highest BCUT2D eigenvalue weighted by atomic mass is 14.5. The van der Waals surface area contributed by atoms with Crippen molar-refractivity contribution in [3.8, 4) is 0 Å². The van der Waals surface area contributed by atoms with Crippen LogP contribution < -0.4 is 11.5 Å². The van der Waals surface area contributed by atoms with E-state index in [0.29, 0.717) is 0 Å². The fourth-order valence-corrected chi connectivity index (χ4v) is 3.35. The molecular formula is C20H44N2. The molecule has 0 aromatic heterocycles. The lowest BCUT2D eigenvalue weighted by molar-refractivity contribution is 0.292. The Kier molecular flexibility index (Phi) is 15.7. The third-order valence-electron chi connectivity index (χ3n) is 5.15. The van der Waals surface area contributed by atoms with E-state index in [0.717, 1.165) is 30.8 Å². The molecule has 0 aliphatic heterocycles. The van der Waals surface area contributed by atoms with E-state index in [2.05, 4.69) is 20.8 Å². The lowest BCUT2D eigenvalue weighted by Gasteiger charge is -2.22. The summed E-state index contributed by atoms with van der Waals surface area (Å²) < 4.78 is 0. The first kappa shape index (κ1) is 21.9. The van der Waals surface area contributed by atoms with E-state index in [1.165, 1.54) is 77.0 Å². The van der Waals surface area contributed by atoms with Crippen molar-refractivity contribution in [1.29, 1.82) is 0 Å². The van der Waals surface area contributed by atoms with Crippen LogP contribution in [0.2, 0.25) is 0 Å². The third kappa shape index (κ3) is 13.6. The summed E-state index contributed by atoms with van der Waals surface area (Å²) >= 11 is 0. The maximum atomic E-state index is 5.56. The van der Waals surface area contributed by atoms with E-state index in [-0.39, 0.29) is 0 Å². The summed E-state index contributed by atoms with van der Waals surface area (Å²) in [7, 11) is 0. The molecule has 0 spiro atoms. The van der Waals surface area contributed by atoms with E-state index in [1.54, 1.807) is 0 Å². The van der Waals surface area contributed by atoms with E-state index < -0.39 is 0 Å². The maximum absolute atomic E-state index is 5.56. The van der Waals surface area contributed by atoms with Crippen LogP contribution in [0, 0.1) is 17.8 Å². The van der Waals surface area contributed by atoms with Crippen LogP contribution in [0.3, 0.4) is 0 Å². The summed E-state index contributed by atoms with van der Waals surface area (Å²) in [4.78, 5) is 0. The van der Waals surface area contributed by atoms with Gasteiger partial charge in [0.25, 0.3) is 0 Å². The average molecular weight is 313 g/mol. The molecule has 134 valence electrons. The highest BCUT2D eigenvalue weighted by molar-refractivity contribution is 4.66. The van der Waals surface area contributed by atoms with Gasteiger partial charge in [0, 0.05) is 0 Å². The van der Waals surface area contributed by atoms with Gasteiger partial charge >= 0.3 is 0 Å². The SMILES string of the molecule is CC(CCCCCCN)CCC(CCCCCCN)C(C)C. The topological polar surface area (TPSA) is 52.0 Å². The molecule has 0 amide bonds. The molecule has 4 N–H and O–H groups in total. The number of rotatable bonds is 16. The molecule has 0 rings (SSSR count). The molecule has 0 saturated heterocycles. The van der Waals surface area contributed by atoms with E-state index in [9.17, 15) is 0 Å². The van der Waals surface area contributed by atoms with Crippen LogP contribution in [0.4, 0.5) is 0 Å². The summed E-state index contributed by atoms with van der Waals surface area (Å²) in [5.41, 5.74) is 11.1. The molecule has 0 fully saturated rings. The number of nitrogens with two attached hydrogens (primary N) is 2. The summed E-state index contributed by atoms with van der Waals surface area (Å²) in [6.45, 7) is 8.97. The van der Waals surface area contributed by atoms with Crippen LogP contribution in [0.15, 0.2) is 0 Å². The predicted octanol–water partition coefficient (Wildman–Crippen LogP) is 5.49. The fourth-order valence-electron chi connectivity index (χ4n) is 3.35. The quantitative estimate of drug-likeness (QED) is 0.370. The van der Waals surface area contributed by atoms with Crippen molar-refractivity contribution in [3.05, 3.63) is 0 Å². The van der Waals surface area contributed by atoms with Gasteiger partial charge in [-0.1, -0.05) is 78.6 Å². The van der Waals surface area contributed by atoms with Gasteiger partial charge < -0.3 is 11.5 Å². The lowest BCUT2D eigenvalue weighted by atomic mass is 9.83. The minimum absolute atomic E-state index is 0.839. The van der Waals surface area contributed by atoms with Gasteiger partial charge in [-0.3, -0.25) is 0 Å². The summed E-state index contributed by atoms with van der Waals surface area (Å²) in [5, 5.41) is 0. The Morgan fingerprint density at radius 2 is 1.05 bits per heavy atom. The Balaban J connectivity index is 3.70. The third-order valence-corrected chi connectivity index (χ3v) is 5.15. The van der Waals surface area contributed by atoms with Crippen molar-refractivity contribution >= 4 is 0 Å². The van der Waals surface area contributed by atoms with Crippen molar-refractivity contribution in [2.45, 2.75) is 97.8 Å². The molecule has 0 aliphatic carbocycles. The van der Waals surface area contributed by atoms with Gasteiger partial charge in [-0.05, 0) is 50.1 Å². The van der Waals surface area contributed by atoms with Crippen LogP contribution in [0.1, 0.15) is 97.8 Å². The number of unbranched alkanes of at least 4 members (excludes halogenated alkanes) is 6. The lowest BCUT2D eigenvalue weighted by Crippen LogP contribution is -2.11. The van der Waals surface area contributed by atoms with Gasteiger partial charge in [0.2, 0.25) is 0 Å². The standard InChI is InChI=1S/C20H44N2/c1-18(2)20(13-9-5-7-11-17-22)15-14-19(3)12-8-4-6-10-16-21/h18-20H,4-17,21-22H2,1-3H3. The van der Waals surface area contributed by atoms with E-state index >= 15 is 0 Å². The zero-order valence-corrected chi connectivity index (χ0v) is 15.8. The molecule has 0 saturated carbocycles. The highest BCUT2D eigenvalue weighted by Gasteiger charge is 2.14. The van der Waals surface area contributed by atoms with Gasteiger partial charge in [0.05, 0.1) is 0 Å². The first-order chi connectivity index (χ1) is 10.6. The van der Waals surface area contributed by atoms with Crippen LogP contribution in [0.5, 0.6) is 0 Å². The largest absolute Gasteiger partial charge is 0.330 e. The number of hydrogen-bond donors (Lipinski definition) is 2. The normalized spacial score (nSPS) is 14.5. The number of hydrogen-bond acceptors (Lipinski definition) is 2. The summed E-state index contributed by atoms with van der Waals surface area (Å²) in [6, 6.07) is 0. The van der Waals surface area contributed by atoms with Crippen LogP contribution in [-0.2, 0) is 0 Å². The van der Waals surface area contributed by atoms with Crippen molar-refractivity contribution in [3.63, 3.8) is 0 Å². The fraction of sp³-hybridized carbons (Fsp3) is 1.00. The monoisotopic (exact) mass is 312 g/mol. The zero-order chi connectivity index (χ0) is 16.6. The average Bonchev–Trinajstić information content (AvgIpc) is 2.49. The molecule has 2 heteroatoms. The summed E-state index contributed by atoms with van der Waals surface area (Å²) in [6.07, 6.45) is 16.3. The molecule has 22 heavy (non-hydrogen) atoms. The molecule has 2 unspecified atom stereocenters. The molecule has 0 aliphatic rings. The first-order valence-corrected chi connectivity index (χ1v) is 10.0. The summed E-state index contributed by atoms with van der Waals surface area (Å²) in [5.74, 6) is 2.67. The van der Waals surface area contributed by atoms with Crippen LogP contribution in [0.25, 0.3) is 0 Å². The second-order valence-corrected chi connectivity index (χ2v) is 7.67. The molecular weight excluding hydrogens is 268 g/mol.